The first kappa shape index (κ1) is 9.74. The third-order valence-electron chi connectivity index (χ3n) is 1.92. The monoisotopic (exact) mass is 178 g/mol. The Bertz CT molecular complexity index is 259. The summed E-state index contributed by atoms with van der Waals surface area (Å²) in [4.78, 5) is 3.91. The lowest BCUT2D eigenvalue weighted by atomic mass is 10.0. The molecule has 1 aromatic carbocycles. The van der Waals surface area contributed by atoms with Crippen molar-refractivity contribution in [2.45, 2.75) is 5.92 Å². The second-order valence-electron chi connectivity index (χ2n) is 2.80. The molecule has 0 aromatic heterocycles. The molecule has 3 nitrogen and oxygen atoms in total. The van der Waals surface area contributed by atoms with Crippen LogP contribution >= 0.6 is 0 Å². The molecule has 0 bridgehead atoms. The van der Waals surface area contributed by atoms with Gasteiger partial charge in [-0.1, -0.05) is 30.3 Å². The third-order valence-corrected chi connectivity index (χ3v) is 1.92. The predicted molar refractivity (Wildman–Crippen MR) is 53.8 cm³/mol. The Balaban J connectivity index is 2.67. The minimum atomic E-state index is 0.0565. The summed E-state index contributed by atoms with van der Waals surface area (Å²) in [6, 6.07) is 9.80. The van der Waals surface area contributed by atoms with Crippen LogP contribution in [0.3, 0.4) is 0 Å². The lowest BCUT2D eigenvalue weighted by Crippen LogP contribution is -2.08. The molecule has 0 saturated heterocycles. The molecule has 0 saturated carbocycles. The summed E-state index contributed by atoms with van der Waals surface area (Å²) in [5.41, 5.74) is 6.23. The van der Waals surface area contributed by atoms with Crippen LogP contribution in [0.5, 0.6) is 0 Å². The van der Waals surface area contributed by atoms with Crippen molar-refractivity contribution in [1.29, 1.82) is 0 Å². The van der Waals surface area contributed by atoms with Gasteiger partial charge in [0.05, 0.1) is 12.9 Å². The minimum absolute atomic E-state index is 0.0565. The molecule has 0 aliphatic heterocycles. The summed E-state index contributed by atoms with van der Waals surface area (Å²) in [7, 11) is 0. The standard InChI is InChI=1S/C10H14N2O/c11-8-12-6-10(7-13)9-4-2-1-3-5-9/h1-5,8,10,13H,6-7H2,(H2,11,12). The number of rotatable bonds is 4. The van der Waals surface area contributed by atoms with E-state index in [1.54, 1.807) is 0 Å². The molecule has 0 amide bonds. The summed E-state index contributed by atoms with van der Waals surface area (Å²) in [5.74, 6) is 0.0565. The van der Waals surface area contributed by atoms with Gasteiger partial charge in [0.25, 0.3) is 0 Å². The fourth-order valence-electron chi connectivity index (χ4n) is 1.18. The van der Waals surface area contributed by atoms with Gasteiger partial charge in [-0.2, -0.15) is 0 Å². The summed E-state index contributed by atoms with van der Waals surface area (Å²) in [6.45, 7) is 0.637. The van der Waals surface area contributed by atoms with Crippen LogP contribution in [0.1, 0.15) is 11.5 Å². The highest BCUT2D eigenvalue weighted by Crippen LogP contribution is 2.14. The number of nitrogens with two attached hydrogens (primary N) is 1. The van der Waals surface area contributed by atoms with Crippen molar-refractivity contribution in [3.05, 3.63) is 35.9 Å². The van der Waals surface area contributed by atoms with Gasteiger partial charge in [-0.05, 0) is 5.56 Å². The average Bonchev–Trinajstić information content (AvgIpc) is 2.21. The van der Waals surface area contributed by atoms with Gasteiger partial charge >= 0.3 is 0 Å². The molecule has 0 spiro atoms. The SMILES string of the molecule is NC=NCC(CO)c1ccccc1. The van der Waals surface area contributed by atoms with E-state index in [0.29, 0.717) is 6.54 Å². The molecule has 13 heavy (non-hydrogen) atoms. The highest BCUT2D eigenvalue weighted by atomic mass is 16.3. The van der Waals surface area contributed by atoms with Crippen LogP contribution in [-0.4, -0.2) is 24.6 Å². The van der Waals surface area contributed by atoms with Crippen molar-refractivity contribution in [3.63, 3.8) is 0 Å². The molecule has 0 aliphatic rings. The topological polar surface area (TPSA) is 58.6 Å². The molecule has 0 fully saturated rings. The molecule has 0 heterocycles. The highest BCUT2D eigenvalue weighted by molar-refractivity contribution is 5.51. The summed E-state index contributed by atoms with van der Waals surface area (Å²) < 4.78 is 0. The Kier molecular flexibility index (Phi) is 3.99. The molecule has 3 heteroatoms. The van der Waals surface area contributed by atoms with Gasteiger partial charge < -0.3 is 10.8 Å². The molecule has 1 unspecified atom stereocenters. The van der Waals surface area contributed by atoms with E-state index in [1.165, 1.54) is 6.34 Å². The molecular formula is C10H14N2O. The van der Waals surface area contributed by atoms with Crippen molar-refractivity contribution in [1.82, 2.24) is 0 Å². The lowest BCUT2D eigenvalue weighted by Gasteiger charge is -2.10. The van der Waals surface area contributed by atoms with Crippen LogP contribution in [0.4, 0.5) is 0 Å². The van der Waals surface area contributed by atoms with Crippen LogP contribution in [0.2, 0.25) is 0 Å². The highest BCUT2D eigenvalue weighted by Gasteiger charge is 2.07. The van der Waals surface area contributed by atoms with Gasteiger partial charge in [0.1, 0.15) is 0 Å². The van der Waals surface area contributed by atoms with E-state index in [-0.39, 0.29) is 12.5 Å². The maximum Gasteiger partial charge on any atom is 0.0797 e. The van der Waals surface area contributed by atoms with E-state index in [0.717, 1.165) is 5.56 Å². The number of nitrogens with zero attached hydrogens (tertiary/aromatic N) is 1. The van der Waals surface area contributed by atoms with Crippen molar-refractivity contribution >= 4 is 6.34 Å². The molecule has 1 rings (SSSR count). The fourth-order valence-corrected chi connectivity index (χ4v) is 1.18. The Morgan fingerprint density at radius 1 is 1.38 bits per heavy atom. The Morgan fingerprint density at radius 3 is 2.62 bits per heavy atom. The largest absolute Gasteiger partial charge is 0.396 e. The molecule has 70 valence electrons. The lowest BCUT2D eigenvalue weighted by molar-refractivity contribution is 0.268. The van der Waals surface area contributed by atoms with E-state index in [4.69, 9.17) is 10.8 Å². The minimum Gasteiger partial charge on any atom is -0.396 e. The number of aliphatic hydroxyl groups is 1. The molecule has 1 aromatic rings. The second-order valence-corrected chi connectivity index (χ2v) is 2.80. The maximum absolute atomic E-state index is 9.09. The zero-order chi connectivity index (χ0) is 9.52. The van der Waals surface area contributed by atoms with Crippen LogP contribution in [-0.2, 0) is 0 Å². The Hall–Kier alpha value is -1.35. The molecule has 0 radical (unpaired) electrons. The summed E-state index contributed by atoms with van der Waals surface area (Å²) in [5, 5.41) is 9.09. The van der Waals surface area contributed by atoms with E-state index in [9.17, 15) is 0 Å². The van der Waals surface area contributed by atoms with Crippen LogP contribution < -0.4 is 5.73 Å². The van der Waals surface area contributed by atoms with E-state index in [1.807, 2.05) is 30.3 Å². The van der Waals surface area contributed by atoms with Crippen molar-refractivity contribution in [2.24, 2.45) is 10.7 Å². The summed E-state index contributed by atoms with van der Waals surface area (Å²) >= 11 is 0. The first-order chi connectivity index (χ1) is 6.38. The van der Waals surface area contributed by atoms with E-state index in [2.05, 4.69) is 4.99 Å². The van der Waals surface area contributed by atoms with Crippen molar-refractivity contribution in [3.8, 4) is 0 Å². The number of aliphatic hydroxyl groups excluding tert-OH is 1. The van der Waals surface area contributed by atoms with Gasteiger partial charge in [-0.25, -0.2) is 0 Å². The predicted octanol–water partition coefficient (Wildman–Crippen LogP) is 0.749. The molecule has 1 atom stereocenters. The van der Waals surface area contributed by atoms with Gasteiger partial charge in [0.2, 0.25) is 0 Å². The normalized spacial score (nSPS) is 13.3. The third kappa shape index (κ3) is 2.87. The van der Waals surface area contributed by atoms with Gasteiger partial charge in [-0.3, -0.25) is 4.99 Å². The zero-order valence-corrected chi connectivity index (χ0v) is 7.43. The fraction of sp³-hybridized carbons (Fsp3) is 0.300. The molecule has 0 aliphatic carbocycles. The quantitative estimate of drug-likeness (QED) is 0.528. The van der Waals surface area contributed by atoms with Gasteiger partial charge in [-0.15, -0.1) is 0 Å². The van der Waals surface area contributed by atoms with E-state index < -0.39 is 0 Å². The smallest absolute Gasteiger partial charge is 0.0797 e. The van der Waals surface area contributed by atoms with Crippen molar-refractivity contribution < 1.29 is 5.11 Å². The number of benzene rings is 1. The van der Waals surface area contributed by atoms with Gasteiger partial charge in [0.15, 0.2) is 0 Å². The van der Waals surface area contributed by atoms with Crippen LogP contribution in [0.15, 0.2) is 35.3 Å². The van der Waals surface area contributed by atoms with Crippen LogP contribution in [0, 0.1) is 0 Å². The zero-order valence-electron chi connectivity index (χ0n) is 7.43. The number of aliphatic imine (C=N–C) groups is 1. The first-order valence-corrected chi connectivity index (χ1v) is 4.24. The van der Waals surface area contributed by atoms with Crippen molar-refractivity contribution in [2.75, 3.05) is 13.2 Å². The summed E-state index contributed by atoms with van der Waals surface area (Å²) in [6.07, 6.45) is 1.27. The molecule has 3 N–H and O–H groups in total. The number of hydrogen-bond donors (Lipinski definition) is 2. The average molecular weight is 178 g/mol. The second kappa shape index (κ2) is 5.32. The Morgan fingerprint density at radius 2 is 2.08 bits per heavy atom. The molecular weight excluding hydrogens is 164 g/mol. The number of hydrogen-bond acceptors (Lipinski definition) is 2. The van der Waals surface area contributed by atoms with Gasteiger partial charge in [0, 0.05) is 12.5 Å². The van der Waals surface area contributed by atoms with E-state index >= 15 is 0 Å². The Labute approximate surface area is 77.9 Å². The van der Waals surface area contributed by atoms with Crippen LogP contribution in [0.25, 0.3) is 0 Å². The maximum atomic E-state index is 9.09. The first-order valence-electron chi connectivity index (χ1n) is 4.24.